The van der Waals surface area contributed by atoms with Crippen molar-refractivity contribution in [3.63, 3.8) is 0 Å². The van der Waals surface area contributed by atoms with Crippen LogP contribution in [0, 0.1) is 12.8 Å². The molecule has 1 aliphatic rings. The summed E-state index contributed by atoms with van der Waals surface area (Å²) in [5.74, 6) is 1.44. The molecular formula is C20H25NO4S. The molecule has 1 heterocycles. The monoisotopic (exact) mass is 375 g/mol. The number of benzene rings is 2. The van der Waals surface area contributed by atoms with E-state index in [0.29, 0.717) is 24.7 Å². The number of hydrogen-bond acceptors (Lipinski definition) is 4. The van der Waals surface area contributed by atoms with E-state index in [1.165, 1.54) is 0 Å². The Balaban J connectivity index is 1.90. The van der Waals surface area contributed by atoms with Gasteiger partial charge in [-0.05, 0) is 42.7 Å². The van der Waals surface area contributed by atoms with E-state index in [1.54, 1.807) is 24.3 Å². The van der Waals surface area contributed by atoms with Crippen molar-refractivity contribution in [2.75, 3.05) is 13.2 Å². The van der Waals surface area contributed by atoms with Gasteiger partial charge >= 0.3 is 0 Å². The Bertz CT molecular complexity index is 860. The first-order chi connectivity index (χ1) is 12.4. The first-order valence-corrected chi connectivity index (χ1v) is 10.3. The Labute approximate surface area is 155 Å². The highest BCUT2D eigenvalue weighted by molar-refractivity contribution is 7.89. The van der Waals surface area contributed by atoms with Crippen LogP contribution in [0.5, 0.6) is 11.5 Å². The van der Waals surface area contributed by atoms with Gasteiger partial charge in [0.05, 0.1) is 18.1 Å². The van der Waals surface area contributed by atoms with Crippen molar-refractivity contribution in [1.29, 1.82) is 0 Å². The van der Waals surface area contributed by atoms with Crippen LogP contribution >= 0.6 is 0 Å². The highest BCUT2D eigenvalue weighted by Gasteiger charge is 2.25. The molecule has 6 heteroatoms. The predicted octanol–water partition coefficient (Wildman–Crippen LogP) is 3.83. The summed E-state index contributed by atoms with van der Waals surface area (Å²) in [6, 6.07) is 12.1. The molecule has 1 aliphatic heterocycles. The van der Waals surface area contributed by atoms with Crippen LogP contribution in [0.3, 0.4) is 0 Å². The summed E-state index contributed by atoms with van der Waals surface area (Å²) >= 11 is 0. The molecule has 1 N–H and O–H groups in total. The van der Waals surface area contributed by atoms with Crippen LogP contribution in [0.25, 0.3) is 0 Å². The van der Waals surface area contributed by atoms with Gasteiger partial charge in [0, 0.05) is 12.5 Å². The highest BCUT2D eigenvalue weighted by atomic mass is 32.2. The Kier molecular flexibility index (Phi) is 5.53. The van der Waals surface area contributed by atoms with E-state index in [4.69, 9.17) is 9.47 Å². The maximum atomic E-state index is 12.8. The van der Waals surface area contributed by atoms with Gasteiger partial charge < -0.3 is 9.47 Å². The lowest BCUT2D eigenvalue weighted by Crippen LogP contribution is -2.31. The fourth-order valence-electron chi connectivity index (χ4n) is 2.91. The second kappa shape index (κ2) is 7.68. The maximum absolute atomic E-state index is 12.8. The molecule has 26 heavy (non-hydrogen) atoms. The average molecular weight is 375 g/mol. The smallest absolute Gasteiger partial charge is 0.241 e. The molecular weight excluding hydrogens is 350 g/mol. The Morgan fingerprint density at radius 1 is 0.962 bits per heavy atom. The van der Waals surface area contributed by atoms with Gasteiger partial charge in [0.25, 0.3) is 0 Å². The third kappa shape index (κ3) is 4.19. The summed E-state index contributed by atoms with van der Waals surface area (Å²) in [6.45, 7) is 7.13. The van der Waals surface area contributed by atoms with E-state index < -0.39 is 10.0 Å². The number of aryl methyl sites for hydroxylation is 1. The van der Waals surface area contributed by atoms with Crippen LogP contribution in [0.15, 0.2) is 47.4 Å². The van der Waals surface area contributed by atoms with Gasteiger partial charge in [0.2, 0.25) is 10.0 Å². The number of nitrogens with one attached hydrogen (secondary N) is 1. The maximum Gasteiger partial charge on any atom is 0.241 e. The predicted molar refractivity (Wildman–Crippen MR) is 101 cm³/mol. The zero-order valence-electron chi connectivity index (χ0n) is 15.4. The lowest BCUT2D eigenvalue weighted by atomic mass is 9.97. The number of fused-ring (bicyclic) bond motifs is 1. The van der Waals surface area contributed by atoms with Crippen molar-refractivity contribution < 1.29 is 17.9 Å². The SMILES string of the molecule is Cc1ccc(S(=O)(=O)N[C@H](c2ccc3c(c2)OCCCO3)C(C)C)cc1. The summed E-state index contributed by atoms with van der Waals surface area (Å²) < 4.78 is 39.9. The van der Waals surface area contributed by atoms with E-state index in [1.807, 2.05) is 39.0 Å². The van der Waals surface area contributed by atoms with Gasteiger partial charge in [-0.25, -0.2) is 13.1 Å². The normalized spacial score (nSPS) is 15.5. The molecule has 0 aliphatic carbocycles. The van der Waals surface area contributed by atoms with Crippen LogP contribution in [0.2, 0.25) is 0 Å². The molecule has 140 valence electrons. The highest BCUT2D eigenvalue weighted by Crippen LogP contribution is 2.34. The van der Waals surface area contributed by atoms with Gasteiger partial charge in [-0.1, -0.05) is 37.6 Å². The van der Waals surface area contributed by atoms with Crippen LogP contribution in [-0.4, -0.2) is 21.6 Å². The van der Waals surface area contributed by atoms with Gasteiger partial charge in [-0.15, -0.1) is 0 Å². The molecule has 0 saturated carbocycles. The van der Waals surface area contributed by atoms with E-state index in [9.17, 15) is 8.42 Å². The minimum absolute atomic E-state index is 0.0694. The summed E-state index contributed by atoms with van der Waals surface area (Å²) in [6.07, 6.45) is 0.831. The number of ether oxygens (including phenoxy) is 2. The van der Waals surface area contributed by atoms with Gasteiger partial charge in [-0.3, -0.25) is 0 Å². The molecule has 0 bridgehead atoms. The molecule has 2 aromatic rings. The standard InChI is InChI=1S/C20H25NO4S/c1-14(2)20(21-26(22,23)17-8-5-15(3)6-9-17)16-7-10-18-19(13-16)25-12-4-11-24-18/h5-10,13-14,20-21H,4,11-12H2,1-3H3/t20-/m0/s1. The van der Waals surface area contributed by atoms with E-state index in [2.05, 4.69) is 4.72 Å². The first kappa shape index (κ1) is 18.7. The molecule has 1 atom stereocenters. The second-order valence-corrected chi connectivity index (χ2v) is 8.63. The van der Waals surface area contributed by atoms with E-state index >= 15 is 0 Å². The minimum atomic E-state index is -3.62. The van der Waals surface area contributed by atoms with Crippen LogP contribution < -0.4 is 14.2 Å². The molecule has 0 saturated heterocycles. The fraction of sp³-hybridized carbons (Fsp3) is 0.400. The number of rotatable bonds is 5. The molecule has 0 aromatic heterocycles. The number of hydrogen-bond donors (Lipinski definition) is 1. The zero-order chi connectivity index (χ0) is 18.7. The van der Waals surface area contributed by atoms with E-state index in [0.717, 1.165) is 17.5 Å². The van der Waals surface area contributed by atoms with Crippen molar-refractivity contribution in [3.05, 3.63) is 53.6 Å². The third-order valence-corrected chi connectivity index (χ3v) is 5.87. The van der Waals surface area contributed by atoms with Gasteiger partial charge in [0.1, 0.15) is 0 Å². The minimum Gasteiger partial charge on any atom is -0.490 e. The summed E-state index contributed by atoms with van der Waals surface area (Å²) in [5, 5.41) is 0. The van der Waals surface area contributed by atoms with Crippen LogP contribution in [0.4, 0.5) is 0 Å². The Morgan fingerprint density at radius 2 is 1.62 bits per heavy atom. The lowest BCUT2D eigenvalue weighted by molar-refractivity contribution is 0.297. The molecule has 2 aromatic carbocycles. The average Bonchev–Trinajstić information content (AvgIpc) is 2.84. The third-order valence-electron chi connectivity index (χ3n) is 4.41. The van der Waals surface area contributed by atoms with E-state index in [-0.39, 0.29) is 16.9 Å². The van der Waals surface area contributed by atoms with Crippen molar-refractivity contribution in [1.82, 2.24) is 4.72 Å². The summed E-state index contributed by atoms with van der Waals surface area (Å²) in [5.41, 5.74) is 1.88. The van der Waals surface area contributed by atoms with Gasteiger partial charge in [-0.2, -0.15) is 0 Å². The molecule has 0 amide bonds. The second-order valence-electron chi connectivity index (χ2n) is 6.91. The summed E-state index contributed by atoms with van der Waals surface area (Å²) in [4.78, 5) is 0.267. The molecule has 0 spiro atoms. The lowest BCUT2D eigenvalue weighted by Gasteiger charge is -2.23. The van der Waals surface area contributed by atoms with Crippen LogP contribution in [0.1, 0.15) is 37.4 Å². The molecule has 3 rings (SSSR count). The van der Waals surface area contributed by atoms with Crippen molar-refractivity contribution in [2.24, 2.45) is 5.92 Å². The quantitative estimate of drug-likeness (QED) is 0.863. The molecule has 0 radical (unpaired) electrons. The number of sulfonamides is 1. The van der Waals surface area contributed by atoms with Crippen molar-refractivity contribution >= 4 is 10.0 Å². The Hall–Kier alpha value is -2.05. The largest absolute Gasteiger partial charge is 0.490 e. The van der Waals surface area contributed by atoms with Gasteiger partial charge in [0.15, 0.2) is 11.5 Å². The fourth-order valence-corrected chi connectivity index (χ4v) is 4.29. The Morgan fingerprint density at radius 3 is 2.27 bits per heavy atom. The molecule has 0 fully saturated rings. The zero-order valence-corrected chi connectivity index (χ0v) is 16.2. The molecule has 0 unspecified atom stereocenters. The summed E-state index contributed by atoms with van der Waals surface area (Å²) in [7, 11) is -3.62. The van der Waals surface area contributed by atoms with Crippen molar-refractivity contribution in [3.8, 4) is 11.5 Å². The van der Waals surface area contributed by atoms with Crippen molar-refractivity contribution in [2.45, 2.75) is 38.1 Å². The topological polar surface area (TPSA) is 64.6 Å². The molecule has 5 nitrogen and oxygen atoms in total. The van der Waals surface area contributed by atoms with Crippen LogP contribution in [-0.2, 0) is 10.0 Å². The first-order valence-electron chi connectivity index (χ1n) is 8.85.